The summed E-state index contributed by atoms with van der Waals surface area (Å²) in [5.41, 5.74) is 9.84. The summed E-state index contributed by atoms with van der Waals surface area (Å²) in [6.45, 7) is 0.740. The van der Waals surface area contributed by atoms with Gasteiger partial charge >= 0.3 is 0 Å². The van der Waals surface area contributed by atoms with Gasteiger partial charge in [-0.15, -0.1) is 0 Å². The van der Waals surface area contributed by atoms with E-state index >= 15 is 0 Å². The zero-order valence-corrected chi connectivity index (χ0v) is 10.9. The van der Waals surface area contributed by atoms with Crippen molar-refractivity contribution in [3.8, 4) is 0 Å². The fourth-order valence-electron chi connectivity index (χ4n) is 2.58. The first kappa shape index (κ1) is 12.4. The molecule has 98 valence electrons. The lowest BCUT2D eigenvalue weighted by molar-refractivity contribution is 0.627. The third-order valence-corrected chi connectivity index (χ3v) is 4.13. The summed E-state index contributed by atoms with van der Waals surface area (Å²) in [7, 11) is 0. The van der Waals surface area contributed by atoms with Crippen molar-refractivity contribution in [2.24, 2.45) is 5.73 Å². The van der Waals surface area contributed by atoms with Gasteiger partial charge in [-0.05, 0) is 48.1 Å². The summed E-state index contributed by atoms with van der Waals surface area (Å²) >= 11 is 0. The van der Waals surface area contributed by atoms with Gasteiger partial charge in [0, 0.05) is 12.0 Å². The lowest BCUT2D eigenvalue weighted by atomic mass is 9.94. The summed E-state index contributed by atoms with van der Waals surface area (Å²) in [6, 6.07) is 15.4. The monoisotopic (exact) mass is 255 g/mol. The van der Waals surface area contributed by atoms with Gasteiger partial charge in [-0.3, -0.25) is 0 Å². The molecule has 3 rings (SSSR count). The molecule has 0 saturated heterocycles. The number of rotatable bonds is 4. The molecule has 1 aliphatic rings. The predicted octanol–water partition coefficient (Wildman–Crippen LogP) is 3.41. The number of hydrogen-bond donors (Lipinski definition) is 1. The van der Waals surface area contributed by atoms with Crippen LogP contribution in [0.3, 0.4) is 0 Å². The highest BCUT2D eigenvalue weighted by molar-refractivity contribution is 5.36. The van der Waals surface area contributed by atoms with Crippen LogP contribution in [0.25, 0.3) is 0 Å². The van der Waals surface area contributed by atoms with Crippen molar-refractivity contribution in [2.75, 3.05) is 6.54 Å². The molecule has 1 saturated carbocycles. The maximum atomic E-state index is 12.8. The minimum absolute atomic E-state index is 0.183. The number of hydrogen-bond acceptors (Lipinski definition) is 1. The fourth-order valence-corrected chi connectivity index (χ4v) is 2.58. The highest BCUT2D eigenvalue weighted by atomic mass is 19.1. The molecule has 0 heterocycles. The van der Waals surface area contributed by atoms with Crippen molar-refractivity contribution < 1.29 is 4.39 Å². The Bertz CT molecular complexity index is 553. The molecule has 0 spiro atoms. The Hall–Kier alpha value is -1.67. The Balaban J connectivity index is 1.74. The van der Waals surface area contributed by atoms with Crippen LogP contribution in [0, 0.1) is 5.82 Å². The van der Waals surface area contributed by atoms with E-state index in [0.29, 0.717) is 0 Å². The van der Waals surface area contributed by atoms with Crippen LogP contribution in [0.15, 0.2) is 48.5 Å². The van der Waals surface area contributed by atoms with E-state index in [1.165, 1.54) is 36.1 Å². The van der Waals surface area contributed by atoms with Gasteiger partial charge in [0.05, 0.1) is 0 Å². The topological polar surface area (TPSA) is 26.0 Å². The zero-order chi connectivity index (χ0) is 13.3. The lowest BCUT2D eigenvalue weighted by Crippen LogP contribution is -2.19. The van der Waals surface area contributed by atoms with Crippen LogP contribution < -0.4 is 5.73 Å². The van der Waals surface area contributed by atoms with Crippen LogP contribution in [0.4, 0.5) is 4.39 Å². The van der Waals surface area contributed by atoms with Crippen molar-refractivity contribution in [3.63, 3.8) is 0 Å². The van der Waals surface area contributed by atoms with Crippen molar-refractivity contribution in [3.05, 3.63) is 71.0 Å². The van der Waals surface area contributed by atoms with Crippen molar-refractivity contribution in [1.29, 1.82) is 0 Å². The minimum atomic E-state index is -0.183. The van der Waals surface area contributed by atoms with E-state index in [9.17, 15) is 4.39 Å². The first-order chi connectivity index (χ1) is 9.22. The lowest BCUT2D eigenvalue weighted by Gasteiger charge is -2.13. The second-order valence-corrected chi connectivity index (χ2v) is 5.48. The van der Waals surface area contributed by atoms with Gasteiger partial charge in [0.2, 0.25) is 0 Å². The fraction of sp³-hybridized carbons (Fsp3) is 0.294. The van der Waals surface area contributed by atoms with Gasteiger partial charge < -0.3 is 5.73 Å². The molecule has 0 aromatic heterocycles. The maximum Gasteiger partial charge on any atom is 0.123 e. The van der Waals surface area contributed by atoms with Crippen molar-refractivity contribution in [2.45, 2.75) is 24.7 Å². The standard InChI is InChI=1S/C17H18FN/c18-16-7-3-14(4-8-16)11-13-1-5-15(6-2-13)17(12-19)9-10-17/h1-8H,9-12,19H2. The molecule has 1 fully saturated rings. The van der Waals surface area contributed by atoms with Crippen molar-refractivity contribution in [1.82, 2.24) is 0 Å². The van der Waals surface area contributed by atoms with Gasteiger partial charge in [0.25, 0.3) is 0 Å². The molecule has 1 aliphatic carbocycles. The van der Waals surface area contributed by atoms with Crippen LogP contribution in [0.1, 0.15) is 29.5 Å². The summed E-state index contributed by atoms with van der Waals surface area (Å²) in [5, 5.41) is 0. The first-order valence-corrected chi connectivity index (χ1v) is 6.76. The average Bonchev–Trinajstić information content (AvgIpc) is 3.23. The van der Waals surface area contributed by atoms with E-state index in [-0.39, 0.29) is 11.2 Å². The second kappa shape index (κ2) is 4.78. The van der Waals surface area contributed by atoms with E-state index in [0.717, 1.165) is 18.5 Å². The molecule has 0 atom stereocenters. The Morgan fingerprint density at radius 3 is 1.89 bits per heavy atom. The van der Waals surface area contributed by atoms with E-state index in [4.69, 9.17) is 5.73 Å². The van der Waals surface area contributed by atoms with Gasteiger partial charge in [-0.25, -0.2) is 4.39 Å². The van der Waals surface area contributed by atoms with Crippen LogP contribution in [-0.4, -0.2) is 6.54 Å². The van der Waals surface area contributed by atoms with Crippen LogP contribution in [0.5, 0.6) is 0 Å². The molecular formula is C17H18FN. The smallest absolute Gasteiger partial charge is 0.123 e. The van der Waals surface area contributed by atoms with E-state index < -0.39 is 0 Å². The van der Waals surface area contributed by atoms with Crippen LogP contribution in [0.2, 0.25) is 0 Å². The Morgan fingerprint density at radius 2 is 1.42 bits per heavy atom. The predicted molar refractivity (Wildman–Crippen MR) is 75.6 cm³/mol. The Kier molecular flexibility index (Phi) is 3.11. The molecule has 0 amide bonds. The highest BCUT2D eigenvalue weighted by Gasteiger charge is 2.42. The molecule has 0 bridgehead atoms. The quantitative estimate of drug-likeness (QED) is 0.890. The largest absolute Gasteiger partial charge is 0.330 e. The maximum absolute atomic E-state index is 12.8. The molecule has 1 nitrogen and oxygen atoms in total. The normalized spacial score (nSPS) is 16.3. The van der Waals surface area contributed by atoms with E-state index in [2.05, 4.69) is 24.3 Å². The average molecular weight is 255 g/mol. The molecule has 0 aliphatic heterocycles. The third-order valence-electron chi connectivity index (χ3n) is 4.13. The van der Waals surface area contributed by atoms with Crippen LogP contribution in [-0.2, 0) is 11.8 Å². The van der Waals surface area contributed by atoms with Gasteiger partial charge in [-0.1, -0.05) is 36.4 Å². The number of nitrogens with two attached hydrogens (primary N) is 1. The molecule has 2 aromatic rings. The molecule has 2 heteroatoms. The molecular weight excluding hydrogens is 237 g/mol. The molecule has 0 unspecified atom stereocenters. The van der Waals surface area contributed by atoms with Gasteiger partial charge in [-0.2, -0.15) is 0 Å². The Labute approximate surface area is 113 Å². The molecule has 19 heavy (non-hydrogen) atoms. The van der Waals surface area contributed by atoms with Gasteiger partial charge in [0.15, 0.2) is 0 Å². The summed E-state index contributed by atoms with van der Waals surface area (Å²) < 4.78 is 12.8. The second-order valence-electron chi connectivity index (χ2n) is 5.48. The van der Waals surface area contributed by atoms with Gasteiger partial charge in [0.1, 0.15) is 5.82 Å². The molecule has 2 N–H and O–H groups in total. The molecule has 0 radical (unpaired) electrons. The first-order valence-electron chi connectivity index (χ1n) is 6.76. The number of halogens is 1. The highest BCUT2D eigenvalue weighted by Crippen LogP contribution is 2.47. The summed E-state index contributed by atoms with van der Waals surface area (Å²) in [6.07, 6.45) is 3.26. The summed E-state index contributed by atoms with van der Waals surface area (Å²) in [4.78, 5) is 0. The third kappa shape index (κ3) is 2.54. The zero-order valence-electron chi connectivity index (χ0n) is 10.9. The van der Waals surface area contributed by atoms with Crippen LogP contribution >= 0.6 is 0 Å². The van der Waals surface area contributed by atoms with Crippen molar-refractivity contribution >= 4 is 0 Å². The minimum Gasteiger partial charge on any atom is -0.330 e. The molecule has 2 aromatic carbocycles. The SMILES string of the molecule is NCC1(c2ccc(Cc3ccc(F)cc3)cc2)CC1. The number of benzene rings is 2. The summed E-state index contributed by atoms with van der Waals surface area (Å²) in [5.74, 6) is -0.183. The van der Waals surface area contributed by atoms with E-state index in [1.54, 1.807) is 0 Å². The Morgan fingerprint density at radius 1 is 0.895 bits per heavy atom. The van der Waals surface area contributed by atoms with E-state index in [1.807, 2.05) is 12.1 Å².